The number of nitrogens with zero attached hydrogens (tertiary/aromatic N) is 3. The zero-order valence-corrected chi connectivity index (χ0v) is 29.3. The summed E-state index contributed by atoms with van der Waals surface area (Å²) >= 11 is 0. The molecule has 0 amide bonds. The zero-order chi connectivity index (χ0) is 33.9. The van der Waals surface area contributed by atoms with Crippen molar-refractivity contribution in [2.45, 2.75) is 52.4 Å². The molecule has 8 aromatic rings. The quantitative estimate of drug-likeness (QED) is 0.183. The van der Waals surface area contributed by atoms with E-state index in [0.29, 0.717) is 0 Å². The lowest BCUT2D eigenvalue weighted by Gasteiger charge is -2.28. The maximum atomic E-state index is 2.42. The third-order valence-corrected chi connectivity index (χ3v) is 9.87. The largest absolute Gasteiger partial charge is 0.315 e. The van der Waals surface area contributed by atoms with Crippen LogP contribution in [-0.2, 0) is 10.8 Å². The molecule has 2 aromatic heterocycles. The van der Waals surface area contributed by atoms with Gasteiger partial charge in [0.2, 0.25) is 0 Å². The first kappa shape index (κ1) is 30.8. The Kier molecular flexibility index (Phi) is 7.26. The molecule has 3 heteroatoms. The Labute approximate surface area is 289 Å². The Balaban J connectivity index is 1.27. The number of hydrogen-bond acceptors (Lipinski definition) is 1. The van der Waals surface area contributed by atoms with Gasteiger partial charge in [0, 0.05) is 50.8 Å². The highest BCUT2D eigenvalue weighted by Gasteiger charge is 2.20. The number of anilines is 3. The van der Waals surface area contributed by atoms with Crippen LogP contribution >= 0.6 is 0 Å². The predicted molar refractivity (Wildman–Crippen MR) is 210 cm³/mol. The van der Waals surface area contributed by atoms with E-state index >= 15 is 0 Å². The van der Waals surface area contributed by atoms with Gasteiger partial charge in [0.1, 0.15) is 0 Å². The lowest BCUT2D eigenvalue weighted by molar-refractivity contribution is 0.590. The Morgan fingerprint density at radius 1 is 0.429 bits per heavy atom. The van der Waals surface area contributed by atoms with Gasteiger partial charge in [-0.15, -0.1) is 0 Å². The van der Waals surface area contributed by atoms with Crippen LogP contribution in [0.15, 0.2) is 152 Å². The minimum absolute atomic E-state index is 0.0938. The molecule has 0 bridgehead atoms. The van der Waals surface area contributed by atoms with Gasteiger partial charge in [0.05, 0.1) is 16.6 Å². The van der Waals surface area contributed by atoms with Crippen molar-refractivity contribution in [3.63, 3.8) is 0 Å². The maximum absolute atomic E-state index is 2.42. The molecule has 0 atom stereocenters. The average molecular weight is 638 g/mol. The second-order valence-corrected chi connectivity index (χ2v) is 15.2. The van der Waals surface area contributed by atoms with Gasteiger partial charge in [-0.2, -0.15) is 0 Å². The van der Waals surface area contributed by atoms with Crippen molar-refractivity contribution < 1.29 is 0 Å². The zero-order valence-electron chi connectivity index (χ0n) is 29.3. The van der Waals surface area contributed by atoms with Crippen molar-refractivity contribution in [2.75, 3.05) is 4.90 Å². The number of rotatable bonds is 5. The highest BCUT2D eigenvalue weighted by atomic mass is 15.1. The SMILES string of the molecule is CC(C)(C)c1ccc(N(c2ccc(-n3ccc4ccc5c6ccccc6n(-c6ccccc6)c5c43)cc2)c2ccc(C(C)(C)C)cc2)cc1. The third-order valence-electron chi connectivity index (χ3n) is 9.87. The van der Waals surface area contributed by atoms with Crippen LogP contribution in [0.1, 0.15) is 52.7 Å². The summed E-state index contributed by atoms with van der Waals surface area (Å²) in [7, 11) is 0. The molecule has 0 unspecified atom stereocenters. The molecular weight excluding hydrogens is 595 g/mol. The Morgan fingerprint density at radius 2 is 0.959 bits per heavy atom. The summed E-state index contributed by atoms with van der Waals surface area (Å²) in [6.07, 6.45) is 2.21. The first-order chi connectivity index (χ1) is 23.6. The molecule has 0 aliphatic rings. The van der Waals surface area contributed by atoms with Crippen molar-refractivity contribution >= 4 is 49.8 Å². The van der Waals surface area contributed by atoms with Crippen molar-refractivity contribution in [1.29, 1.82) is 0 Å². The molecule has 0 N–H and O–H groups in total. The van der Waals surface area contributed by atoms with Gasteiger partial charge < -0.3 is 14.0 Å². The summed E-state index contributed by atoms with van der Waals surface area (Å²) in [5.41, 5.74) is 12.2. The minimum Gasteiger partial charge on any atom is -0.315 e. The summed E-state index contributed by atoms with van der Waals surface area (Å²) in [6.45, 7) is 13.6. The molecule has 0 fully saturated rings. The fourth-order valence-corrected chi connectivity index (χ4v) is 7.16. The van der Waals surface area contributed by atoms with Crippen LogP contribution in [0.5, 0.6) is 0 Å². The Bertz CT molecular complexity index is 2350. The fraction of sp³-hybridized carbons (Fsp3) is 0.174. The van der Waals surface area contributed by atoms with Gasteiger partial charge >= 0.3 is 0 Å². The number of fused-ring (bicyclic) bond motifs is 5. The summed E-state index contributed by atoms with van der Waals surface area (Å²) in [5.74, 6) is 0. The van der Waals surface area contributed by atoms with Gasteiger partial charge in [-0.25, -0.2) is 0 Å². The van der Waals surface area contributed by atoms with Gasteiger partial charge in [-0.05, 0) is 94.8 Å². The fourth-order valence-electron chi connectivity index (χ4n) is 7.16. The molecule has 3 nitrogen and oxygen atoms in total. The van der Waals surface area contributed by atoms with Crippen LogP contribution in [0.4, 0.5) is 17.1 Å². The Hall–Kier alpha value is -5.54. The van der Waals surface area contributed by atoms with Gasteiger partial charge in [-0.3, -0.25) is 0 Å². The van der Waals surface area contributed by atoms with Gasteiger partial charge in [0.15, 0.2) is 0 Å². The average Bonchev–Trinajstić information content (AvgIpc) is 3.68. The van der Waals surface area contributed by atoms with Crippen LogP contribution in [-0.4, -0.2) is 9.13 Å². The molecule has 242 valence electrons. The van der Waals surface area contributed by atoms with Crippen LogP contribution in [0, 0.1) is 0 Å². The number of aromatic nitrogens is 2. The van der Waals surface area contributed by atoms with Crippen LogP contribution < -0.4 is 4.90 Å². The van der Waals surface area contributed by atoms with Crippen LogP contribution in [0.25, 0.3) is 44.1 Å². The molecule has 0 radical (unpaired) electrons. The summed E-state index contributed by atoms with van der Waals surface area (Å²) in [4.78, 5) is 2.36. The monoisotopic (exact) mass is 637 g/mol. The van der Waals surface area contributed by atoms with Crippen molar-refractivity contribution in [2.24, 2.45) is 0 Å². The van der Waals surface area contributed by atoms with Gasteiger partial charge in [0.25, 0.3) is 0 Å². The van der Waals surface area contributed by atoms with Crippen molar-refractivity contribution in [3.8, 4) is 11.4 Å². The molecule has 2 heterocycles. The van der Waals surface area contributed by atoms with Crippen molar-refractivity contribution in [3.05, 3.63) is 163 Å². The topological polar surface area (TPSA) is 13.1 Å². The van der Waals surface area contributed by atoms with E-state index in [0.717, 1.165) is 28.4 Å². The molecule has 0 aliphatic carbocycles. The third kappa shape index (κ3) is 5.40. The molecule has 0 saturated carbocycles. The second kappa shape index (κ2) is 11.6. The summed E-state index contributed by atoms with van der Waals surface area (Å²) in [6, 6.07) is 53.3. The van der Waals surface area contributed by atoms with E-state index in [1.165, 1.54) is 43.8 Å². The van der Waals surface area contributed by atoms with E-state index in [2.05, 4.69) is 207 Å². The molecular formula is C46H43N3. The number of benzene rings is 6. The van der Waals surface area contributed by atoms with E-state index in [-0.39, 0.29) is 10.8 Å². The smallest absolute Gasteiger partial charge is 0.0788 e. The van der Waals surface area contributed by atoms with Crippen molar-refractivity contribution in [1.82, 2.24) is 9.13 Å². The first-order valence-electron chi connectivity index (χ1n) is 17.3. The standard InChI is InChI=1S/C46H43N3/c1-45(2,3)33-17-21-37(22-18-33)48(38-23-19-34(20-24-38)46(4,5)6)39-27-25-35(26-28-39)47-31-30-32-16-29-41-40-14-10-11-15-42(40)49(44(41)43(32)47)36-12-8-7-9-13-36/h7-31H,1-6H3. The molecule has 0 saturated heterocycles. The Morgan fingerprint density at radius 3 is 1.53 bits per heavy atom. The maximum Gasteiger partial charge on any atom is 0.0788 e. The van der Waals surface area contributed by atoms with E-state index < -0.39 is 0 Å². The molecule has 0 spiro atoms. The van der Waals surface area contributed by atoms with E-state index in [4.69, 9.17) is 0 Å². The van der Waals surface area contributed by atoms with Crippen LogP contribution in [0.2, 0.25) is 0 Å². The molecule has 49 heavy (non-hydrogen) atoms. The second-order valence-electron chi connectivity index (χ2n) is 15.2. The predicted octanol–water partition coefficient (Wildman–Crippen LogP) is 12.8. The summed E-state index contributed by atoms with van der Waals surface area (Å²) in [5, 5.41) is 3.74. The number of hydrogen-bond donors (Lipinski definition) is 0. The molecule has 8 rings (SSSR count). The first-order valence-corrected chi connectivity index (χ1v) is 17.3. The van der Waals surface area contributed by atoms with E-state index in [9.17, 15) is 0 Å². The van der Waals surface area contributed by atoms with Gasteiger partial charge in [-0.1, -0.05) is 114 Å². The lowest BCUT2D eigenvalue weighted by Crippen LogP contribution is -2.14. The normalized spacial score (nSPS) is 12.3. The van der Waals surface area contributed by atoms with Crippen LogP contribution in [0.3, 0.4) is 0 Å². The summed E-state index contributed by atoms with van der Waals surface area (Å²) < 4.78 is 4.77. The lowest BCUT2D eigenvalue weighted by atomic mass is 9.86. The van der Waals surface area contributed by atoms with E-state index in [1.54, 1.807) is 0 Å². The molecule has 6 aromatic carbocycles. The molecule has 0 aliphatic heterocycles. The minimum atomic E-state index is 0.0938. The highest BCUT2D eigenvalue weighted by Crippen LogP contribution is 2.40. The van der Waals surface area contributed by atoms with E-state index in [1.807, 2.05) is 0 Å². The number of para-hydroxylation sites is 2. The highest BCUT2D eigenvalue weighted by molar-refractivity contribution is 6.18.